The molecule has 0 rings (SSSR count). The first-order valence-electron chi connectivity index (χ1n) is 7.03. The molecule has 5 nitrogen and oxygen atoms in total. The summed E-state index contributed by atoms with van der Waals surface area (Å²) in [5.74, 6) is -0.358. The van der Waals surface area contributed by atoms with Gasteiger partial charge in [-0.2, -0.15) is 0 Å². The fraction of sp³-hybridized carbons (Fsp3) is 0.750. The molecule has 0 saturated carbocycles. The fourth-order valence-corrected chi connectivity index (χ4v) is 19.0. The van der Waals surface area contributed by atoms with Gasteiger partial charge in [0.15, 0.2) is 8.32 Å². The quantitative estimate of drug-likeness (QED) is 0.614. The zero-order chi connectivity index (χ0) is 17.1. The molecule has 124 valence electrons. The lowest BCUT2D eigenvalue weighted by Crippen LogP contribution is -2.57. The van der Waals surface area contributed by atoms with E-state index >= 15 is 0 Å². The summed E-state index contributed by atoms with van der Waals surface area (Å²) in [6.45, 7) is 21.3. The summed E-state index contributed by atoms with van der Waals surface area (Å²) in [5, 5.41) is 0. The van der Waals surface area contributed by atoms with Gasteiger partial charge in [-0.3, -0.25) is 4.79 Å². The van der Waals surface area contributed by atoms with Crippen LogP contribution in [-0.4, -0.2) is 40.0 Å². The third-order valence-electron chi connectivity index (χ3n) is 2.21. The Bertz CT molecular complexity index is 392. The molecule has 1 unspecified atom stereocenters. The Morgan fingerprint density at radius 1 is 0.857 bits per heavy atom. The second kappa shape index (κ2) is 7.02. The molecular weight excluding hydrogens is 336 g/mol. The molecule has 0 bridgehead atoms. The van der Waals surface area contributed by atoms with Crippen molar-refractivity contribution in [2.45, 2.75) is 59.3 Å². The van der Waals surface area contributed by atoms with Gasteiger partial charge in [-0.1, -0.05) is 0 Å². The van der Waals surface area contributed by atoms with Crippen LogP contribution in [0.1, 0.15) is 6.92 Å². The molecule has 0 radical (unpaired) electrons. The predicted molar refractivity (Wildman–Crippen MR) is 95.1 cm³/mol. The van der Waals surface area contributed by atoms with E-state index in [1.807, 2.05) is 26.2 Å². The lowest BCUT2D eigenvalue weighted by Gasteiger charge is -2.39. The normalized spacial score (nSPS) is 16.2. The zero-order valence-corrected chi connectivity index (χ0v) is 18.8. The molecule has 21 heavy (non-hydrogen) atoms. The van der Waals surface area contributed by atoms with Gasteiger partial charge in [0.1, 0.15) is 0 Å². The van der Waals surface area contributed by atoms with Crippen LogP contribution in [0.25, 0.3) is 0 Å². The number of carbonyl (C=O) groups is 1. The van der Waals surface area contributed by atoms with E-state index in [-0.39, 0.29) is 5.97 Å². The van der Waals surface area contributed by atoms with Gasteiger partial charge in [0, 0.05) is 6.92 Å². The molecule has 0 N–H and O–H groups in total. The highest BCUT2D eigenvalue weighted by Crippen LogP contribution is 2.24. The highest BCUT2D eigenvalue weighted by molar-refractivity contribution is 6.89. The Balaban J connectivity index is 4.97. The van der Waals surface area contributed by atoms with Crippen molar-refractivity contribution in [3.63, 3.8) is 0 Å². The minimum Gasteiger partial charge on any atom is -0.492 e. The Hall–Kier alpha value is -0.0425. The van der Waals surface area contributed by atoms with Crippen molar-refractivity contribution in [1.82, 2.24) is 0 Å². The summed E-state index contributed by atoms with van der Waals surface area (Å²) in [4.78, 5) is 11.2. The van der Waals surface area contributed by atoms with E-state index in [1.165, 1.54) is 6.92 Å². The smallest absolute Gasteiger partial charge is 0.415 e. The molecule has 0 amide bonds. The van der Waals surface area contributed by atoms with Crippen molar-refractivity contribution >= 4 is 40.0 Å². The van der Waals surface area contributed by atoms with E-state index in [1.54, 1.807) is 12.2 Å². The van der Waals surface area contributed by atoms with Gasteiger partial charge in [-0.25, -0.2) is 0 Å². The molecule has 0 saturated heterocycles. The van der Waals surface area contributed by atoms with E-state index in [0.717, 1.165) is 0 Å². The Morgan fingerprint density at radius 3 is 1.62 bits per heavy atom. The minimum absolute atomic E-state index is 0.358. The third kappa shape index (κ3) is 9.55. The lowest BCUT2D eigenvalue weighted by atomic mass is 10.9. The second-order valence-electron chi connectivity index (χ2n) is 7.03. The summed E-state index contributed by atoms with van der Waals surface area (Å²) in [6.07, 6.45) is 0. The van der Waals surface area contributed by atoms with Gasteiger partial charge < -0.3 is 16.8 Å². The van der Waals surface area contributed by atoms with Crippen LogP contribution in [0.2, 0.25) is 52.4 Å². The second-order valence-corrected chi connectivity index (χ2v) is 21.9. The molecule has 0 heterocycles. The molecule has 0 aromatic heterocycles. The first-order valence-corrected chi connectivity index (χ1v) is 18.5. The van der Waals surface area contributed by atoms with Gasteiger partial charge in [0.25, 0.3) is 5.97 Å². The molecule has 0 aromatic carbocycles. The van der Waals surface area contributed by atoms with Crippen molar-refractivity contribution < 1.29 is 21.6 Å². The standard InChI is InChI=1S/C12H30O5Si4/c1-11-21(10,14-12(2)13)17-20(8,9)16-19(6,7)15-18(3,4)5/h11H,1H2,2-10H3. The van der Waals surface area contributed by atoms with E-state index < -0.39 is 34.0 Å². The Kier molecular flexibility index (Phi) is 7.01. The van der Waals surface area contributed by atoms with Crippen molar-refractivity contribution in [1.29, 1.82) is 0 Å². The van der Waals surface area contributed by atoms with Crippen LogP contribution in [0.3, 0.4) is 0 Å². The number of hydrogen-bond donors (Lipinski definition) is 0. The van der Waals surface area contributed by atoms with Crippen LogP contribution in [0.4, 0.5) is 0 Å². The van der Waals surface area contributed by atoms with Gasteiger partial charge in [0.05, 0.1) is 0 Å². The molecule has 0 aromatic rings. The van der Waals surface area contributed by atoms with E-state index in [2.05, 4.69) is 26.2 Å². The maximum absolute atomic E-state index is 11.2. The average molecular weight is 367 g/mol. The van der Waals surface area contributed by atoms with Gasteiger partial charge >= 0.3 is 25.7 Å². The van der Waals surface area contributed by atoms with Crippen LogP contribution < -0.4 is 0 Å². The molecule has 1 atom stereocenters. The minimum atomic E-state index is -2.75. The summed E-state index contributed by atoms with van der Waals surface area (Å²) < 4.78 is 23.9. The van der Waals surface area contributed by atoms with Crippen molar-refractivity contribution in [3.8, 4) is 0 Å². The highest BCUT2D eigenvalue weighted by atomic mass is 28.5. The molecule has 0 aliphatic carbocycles. The van der Waals surface area contributed by atoms with Crippen LogP contribution in [0.15, 0.2) is 12.3 Å². The monoisotopic (exact) mass is 366 g/mol. The first-order chi connectivity index (χ1) is 9.10. The molecule has 0 fully saturated rings. The SMILES string of the molecule is C=C[Si](C)(OC(C)=O)O[Si](C)(C)O[Si](C)(C)O[Si](C)(C)C. The highest BCUT2D eigenvalue weighted by Gasteiger charge is 2.45. The zero-order valence-electron chi connectivity index (χ0n) is 14.8. The fourth-order valence-electron chi connectivity index (χ4n) is 2.25. The largest absolute Gasteiger partial charge is 0.492 e. The Labute approximate surface area is 133 Å². The van der Waals surface area contributed by atoms with Crippen LogP contribution in [-0.2, 0) is 21.6 Å². The van der Waals surface area contributed by atoms with E-state index in [9.17, 15) is 4.79 Å². The third-order valence-corrected chi connectivity index (χ3v) is 15.6. The van der Waals surface area contributed by atoms with Gasteiger partial charge in [-0.05, 0) is 58.1 Å². The molecular formula is C12H30O5Si4. The summed E-state index contributed by atoms with van der Waals surface area (Å²) in [6, 6.07) is 0. The lowest BCUT2D eigenvalue weighted by molar-refractivity contribution is -0.133. The molecule has 0 aliphatic heterocycles. The average Bonchev–Trinajstić information content (AvgIpc) is 2.07. The van der Waals surface area contributed by atoms with Gasteiger partial charge in [-0.15, -0.1) is 6.58 Å². The first kappa shape index (κ1) is 21.0. The molecule has 0 aliphatic rings. The van der Waals surface area contributed by atoms with E-state index in [0.29, 0.717) is 0 Å². The number of rotatable bonds is 8. The summed E-state index contributed by atoms with van der Waals surface area (Å²) in [7, 11) is -9.20. The summed E-state index contributed by atoms with van der Waals surface area (Å²) in [5.41, 5.74) is 1.61. The van der Waals surface area contributed by atoms with Gasteiger partial charge in [0.2, 0.25) is 0 Å². The maximum Gasteiger partial charge on any atom is 0.415 e. The van der Waals surface area contributed by atoms with Crippen molar-refractivity contribution in [2.75, 3.05) is 0 Å². The topological polar surface area (TPSA) is 54.0 Å². The number of carbonyl (C=O) groups excluding carboxylic acids is 1. The van der Waals surface area contributed by atoms with Crippen molar-refractivity contribution in [2.24, 2.45) is 0 Å². The van der Waals surface area contributed by atoms with Crippen LogP contribution in [0.5, 0.6) is 0 Å². The van der Waals surface area contributed by atoms with Crippen LogP contribution in [0, 0.1) is 0 Å². The maximum atomic E-state index is 11.2. The summed E-state index contributed by atoms with van der Waals surface area (Å²) >= 11 is 0. The molecule has 0 spiro atoms. The van der Waals surface area contributed by atoms with Crippen LogP contribution >= 0.6 is 0 Å². The van der Waals surface area contributed by atoms with E-state index in [4.69, 9.17) is 16.8 Å². The number of hydrogen-bond acceptors (Lipinski definition) is 5. The Morgan fingerprint density at radius 2 is 1.29 bits per heavy atom. The molecule has 9 heteroatoms. The predicted octanol–water partition coefficient (Wildman–Crippen LogP) is 3.64. The van der Waals surface area contributed by atoms with Crippen molar-refractivity contribution in [3.05, 3.63) is 12.3 Å².